The molecule has 0 fully saturated rings. The van der Waals surface area contributed by atoms with Crippen molar-refractivity contribution >= 4 is 0 Å². The van der Waals surface area contributed by atoms with Gasteiger partial charge in [-0.25, -0.2) is 0 Å². The van der Waals surface area contributed by atoms with Crippen LogP contribution in [0.15, 0.2) is 0 Å². The molecule has 0 spiro atoms. The van der Waals surface area contributed by atoms with E-state index in [0.29, 0.717) is 0 Å². The van der Waals surface area contributed by atoms with Crippen LogP contribution in [0.1, 0.15) is 389 Å². The van der Waals surface area contributed by atoms with Gasteiger partial charge in [0.1, 0.15) is 0 Å². The van der Waals surface area contributed by atoms with Crippen molar-refractivity contribution in [1.82, 2.24) is 0 Å². The van der Waals surface area contributed by atoms with Crippen LogP contribution in [-0.2, 0) is 0 Å². The molecular formula is C63H190. The Morgan fingerprint density at radius 2 is 0.429 bits per heavy atom. The zero-order valence-corrected chi connectivity index (χ0v) is 25.8. The van der Waals surface area contributed by atoms with E-state index in [-0.39, 0.29) is 223 Å². The van der Waals surface area contributed by atoms with E-state index in [4.69, 9.17) is 0 Å². The van der Waals surface area contributed by atoms with E-state index < -0.39 is 0 Å². The molecule has 0 amide bonds. The Morgan fingerprint density at radius 1 is 0.206 bits per heavy atom. The van der Waals surface area contributed by atoms with Crippen molar-refractivity contribution in [3.63, 3.8) is 0 Å². The number of hydrogen-bond acceptors (Lipinski definition) is 0. The SMILES string of the molecule is C.C.C.C.C.C.C.C.C.C.C.C.C.C.C.C.C.C.C.C.C.C.C.C.C.C.C.C.C.C.CCCC(C)CC(C)CCC(C)C(C)CC(C)C.CCCC(C)CCCCC(C)CC(C)C. The summed E-state index contributed by atoms with van der Waals surface area (Å²) in [6.07, 6.45) is 18.4. The smallest absolute Gasteiger partial charge is 0.0415 e. The van der Waals surface area contributed by atoms with Crippen molar-refractivity contribution in [2.45, 2.75) is 389 Å². The maximum Gasteiger partial charge on any atom is -0.0415 e. The summed E-state index contributed by atoms with van der Waals surface area (Å²) >= 11 is 0. The summed E-state index contributed by atoms with van der Waals surface area (Å²) in [5.74, 6) is 7.25. The van der Waals surface area contributed by atoms with Crippen LogP contribution in [0.4, 0.5) is 0 Å². The van der Waals surface area contributed by atoms with E-state index >= 15 is 0 Å². The minimum Gasteiger partial charge on any atom is -0.0776 e. The van der Waals surface area contributed by atoms with Gasteiger partial charge >= 0.3 is 0 Å². The minimum absolute atomic E-state index is 0. The van der Waals surface area contributed by atoms with Gasteiger partial charge in [0.05, 0.1) is 0 Å². The van der Waals surface area contributed by atoms with Crippen LogP contribution in [0.2, 0.25) is 0 Å². The maximum absolute atomic E-state index is 2.45. The number of rotatable bonds is 19. The fourth-order valence-corrected chi connectivity index (χ4v) is 5.77. The monoisotopic (exact) mass is 947 g/mol. The summed E-state index contributed by atoms with van der Waals surface area (Å²) in [6, 6.07) is 0. The van der Waals surface area contributed by atoms with Gasteiger partial charge in [-0.1, -0.05) is 370 Å². The zero-order valence-electron chi connectivity index (χ0n) is 25.8. The van der Waals surface area contributed by atoms with Gasteiger partial charge in [0, 0.05) is 0 Å². The third kappa shape index (κ3) is 193. The highest BCUT2D eigenvalue weighted by molar-refractivity contribution is 4.67. The molecule has 0 saturated carbocycles. The third-order valence-electron chi connectivity index (χ3n) is 7.81. The fraction of sp³-hybridized carbons (Fsp3) is 1.00. The van der Waals surface area contributed by atoms with E-state index in [1.165, 1.54) is 83.5 Å². The lowest BCUT2D eigenvalue weighted by Crippen LogP contribution is -2.12. The normalized spacial score (nSPS) is 9.05. The van der Waals surface area contributed by atoms with Crippen LogP contribution in [0, 0.1) is 47.3 Å². The van der Waals surface area contributed by atoms with Crippen molar-refractivity contribution in [2.24, 2.45) is 47.3 Å². The lowest BCUT2D eigenvalue weighted by molar-refractivity contribution is 0.276. The first-order valence-corrected chi connectivity index (χ1v) is 15.4. The van der Waals surface area contributed by atoms with Crippen LogP contribution < -0.4 is 0 Å². The predicted octanol–water partition coefficient (Wildman–Crippen LogP) is 31.3. The summed E-state index contributed by atoms with van der Waals surface area (Å²) in [7, 11) is 0. The first-order chi connectivity index (χ1) is 15.4. The summed E-state index contributed by atoms with van der Waals surface area (Å²) in [5.41, 5.74) is 0. The molecule has 0 rings (SSSR count). The Morgan fingerprint density at radius 3 is 0.683 bits per heavy atom. The first-order valence-electron chi connectivity index (χ1n) is 15.4. The highest BCUT2D eigenvalue weighted by atomic mass is 14.2. The Hall–Kier alpha value is 0. The van der Waals surface area contributed by atoms with E-state index in [2.05, 4.69) is 83.1 Å². The molecule has 0 bridgehead atoms. The number of hydrogen-bond donors (Lipinski definition) is 0. The first kappa shape index (κ1) is 252. The van der Waals surface area contributed by atoms with Gasteiger partial charge in [0.25, 0.3) is 0 Å². The molecule has 0 aromatic carbocycles. The summed E-state index contributed by atoms with van der Waals surface area (Å²) in [5, 5.41) is 0. The zero-order chi connectivity index (χ0) is 25.8. The van der Waals surface area contributed by atoms with Crippen LogP contribution in [0.5, 0.6) is 0 Å². The maximum atomic E-state index is 2.45. The van der Waals surface area contributed by atoms with Crippen LogP contribution in [-0.4, -0.2) is 0 Å². The van der Waals surface area contributed by atoms with E-state index in [1.807, 2.05) is 0 Å². The molecule has 0 aromatic heterocycles. The lowest BCUT2D eigenvalue weighted by atomic mass is 9.82. The Balaban J connectivity index is -0.00000000692. The van der Waals surface area contributed by atoms with Crippen LogP contribution in [0.25, 0.3) is 0 Å². The van der Waals surface area contributed by atoms with Gasteiger partial charge in [-0.3, -0.25) is 0 Å². The lowest BCUT2D eigenvalue weighted by Gasteiger charge is -2.24. The van der Waals surface area contributed by atoms with Crippen molar-refractivity contribution < 1.29 is 0 Å². The predicted molar refractivity (Wildman–Crippen MR) is 358 cm³/mol. The molecule has 0 N–H and O–H groups in total. The molecule has 0 heterocycles. The summed E-state index contributed by atoms with van der Waals surface area (Å²) in [4.78, 5) is 0. The van der Waals surface area contributed by atoms with Crippen molar-refractivity contribution in [1.29, 1.82) is 0 Å². The fourth-order valence-electron chi connectivity index (χ4n) is 5.77. The Bertz CT molecular complexity index is 381. The quantitative estimate of drug-likeness (QED) is 0.113. The Labute approximate surface area is 435 Å². The minimum atomic E-state index is 0. The molecule has 63 heavy (non-hydrogen) atoms. The largest absolute Gasteiger partial charge is 0.0776 e. The average Bonchev–Trinajstić information content (AvgIpc) is 2.69. The second-order valence-corrected chi connectivity index (χ2v) is 13.3. The molecule has 0 heteroatoms. The molecule has 6 atom stereocenters. The van der Waals surface area contributed by atoms with E-state index in [1.54, 1.807) is 0 Å². The molecule has 0 radical (unpaired) electrons. The highest BCUT2D eigenvalue weighted by Gasteiger charge is 2.16. The van der Waals surface area contributed by atoms with E-state index in [9.17, 15) is 0 Å². The van der Waals surface area contributed by atoms with E-state index in [0.717, 1.165) is 47.3 Å². The van der Waals surface area contributed by atoms with Gasteiger partial charge in [0.2, 0.25) is 0 Å². The Kier molecular flexibility index (Phi) is 674. The molecule has 0 aliphatic rings. The second-order valence-electron chi connectivity index (χ2n) is 13.3. The van der Waals surface area contributed by atoms with Crippen LogP contribution >= 0.6 is 0 Å². The van der Waals surface area contributed by atoms with Gasteiger partial charge < -0.3 is 0 Å². The second kappa shape index (κ2) is 169. The number of unbranched alkanes of at least 4 members (excludes halogenated alkanes) is 1. The molecular weight excluding hydrogens is 757 g/mol. The molecule has 0 saturated heterocycles. The van der Waals surface area contributed by atoms with Crippen molar-refractivity contribution in [2.75, 3.05) is 0 Å². The molecule has 0 aromatic rings. The van der Waals surface area contributed by atoms with Crippen molar-refractivity contribution in [3.8, 4) is 0 Å². The van der Waals surface area contributed by atoms with Crippen molar-refractivity contribution in [3.05, 3.63) is 0 Å². The highest BCUT2D eigenvalue weighted by Crippen LogP contribution is 2.27. The molecule has 0 aliphatic heterocycles. The molecule has 442 valence electrons. The molecule has 0 aliphatic carbocycles. The standard InChI is InChI=1S/C18H38.C15H32.30CH4/c1-8-9-15(4)13-16(5)10-11-17(6)18(7)12-14(2)3;1-6-9-14(4)10-7-8-11-15(5)12-13(2)3;;;;;;;;;;;;;;;;;;;;;;;;;;;;;;/h14-18H,8-13H2,1-7H3;13-15H,6-12H2,1-5H3;30*1H4. The topological polar surface area (TPSA) is 0 Å². The van der Waals surface area contributed by atoms with Gasteiger partial charge in [0.15, 0.2) is 0 Å². The van der Waals surface area contributed by atoms with Gasteiger partial charge in [-0.05, 0) is 66.6 Å². The molecule has 0 nitrogen and oxygen atoms in total. The molecule has 6 unspecified atom stereocenters. The van der Waals surface area contributed by atoms with Crippen LogP contribution in [0.3, 0.4) is 0 Å². The van der Waals surface area contributed by atoms with Gasteiger partial charge in [-0.15, -0.1) is 0 Å². The third-order valence-corrected chi connectivity index (χ3v) is 7.81. The van der Waals surface area contributed by atoms with Gasteiger partial charge in [-0.2, -0.15) is 0 Å². The summed E-state index contributed by atoms with van der Waals surface area (Å²) in [6.45, 7) is 28.5. The summed E-state index contributed by atoms with van der Waals surface area (Å²) < 4.78 is 0. The average molecular weight is 948 g/mol.